The predicted octanol–water partition coefficient (Wildman–Crippen LogP) is 5.21. The fraction of sp³-hybridized carbons (Fsp3) is 0.269. The molecule has 1 aromatic heterocycles. The average Bonchev–Trinajstić information content (AvgIpc) is 2.82. The molecule has 33 heavy (non-hydrogen) atoms. The number of benzene rings is 2. The summed E-state index contributed by atoms with van der Waals surface area (Å²) in [4.78, 5) is 31.7. The van der Waals surface area contributed by atoms with Gasteiger partial charge in [-0.1, -0.05) is 30.3 Å². The van der Waals surface area contributed by atoms with Crippen LogP contribution in [-0.4, -0.2) is 35.8 Å². The number of aryl methyl sites for hydroxylation is 3. The van der Waals surface area contributed by atoms with Gasteiger partial charge < -0.3 is 10.6 Å². The van der Waals surface area contributed by atoms with Crippen molar-refractivity contribution in [2.45, 2.75) is 31.7 Å². The maximum Gasteiger partial charge on any atom is 0.326 e. The minimum atomic E-state index is -0.191. The maximum atomic E-state index is 13.0. The Hall–Kier alpha value is -3.32. The maximum absolute atomic E-state index is 13.0. The molecule has 0 unspecified atom stereocenters. The number of carbonyl (C=O) groups excluding carboxylic acids is 2. The highest BCUT2D eigenvalue weighted by Gasteiger charge is 2.26. The number of thioether (sulfide) groups is 1. The summed E-state index contributed by atoms with van der Waals surface area (Å²) in [5.74, 6) is 0.694. The van der Waals surface area contributed by atoms with Crippen molar-refractivity contribution in [3.05, 3.63) is 83.0 Å². The number of nitrogens with zero attached hydrogens (tertiary/aromatic N) is 2. The third-order valence-corrected chi connectivity index (χ3v) is 6.46. The Morgan fingerprint density at radius 3 is 2.58 bits per heavy atom. The SMILES string of the molecule is Cc1cc(C)c2c(n1)SCCN2C(=O)Nc1ccc(C(=O)NCCCc2ccccc2)cc1. The molecule has 2 aromatic carbocycles. The van der Waals surface area contributed by atoms with Crippen LogP contribution in [0.1, 0.15) is 33.6 Å². The van der Waals surface area contributed by atoms with E-state index < -0.39 is 0 Å². The Labute approximate surface area is 198 Å². The second-order valence-electron chi connectivity index (χ2n) is 8.09. The van der Waals surface area contributed by atoms with Gasteiger partial charge in [0.1, 0.15) is 5.03 Å². The van der Waals surface area contributed by atoms with Crippen LogP contribution in [0.4, 0.5) is 16.2 Å². The minimum absolute atomic E-state index is 0.111. The Bertz CT molecular complexity index is 1130. The first-order valence-electron chi connectivity index (χ1n) is 11.1. The number of aromatic nitrogens is 1. The zero-order chi connectivity index (χ0) is 23.2. The van der Waals surface area contributed by atoms with Crippen molar-refractivity contribution in [1.82, 2.24) is 10.3 Å². The van der Waals surface area contributed by atoms with Gasteiger partial charge in [-0.3, -0.25) is 9.69 Å². The second-order valence-corrected chi connectivity index (χ2v) is 9.17. The molecule has 0 spiro atoms. The first kappa shape index (κ1) is 22.9. The Balaban J connectivity index is 1.32. The van der Waals surface area contributed by atoms with E-state index in [1.54, 1.807) is 40.9 Å². The number of fused-ring (bicyclic) bond motifs is 1. The Morgan fingerprint density at radius 2 is 1.82 bits per heavy atom. The van der Waals surface area contributed by atoms with Crippen LogP contribution in [0.15, 0.2) is 65.7 Å². The summed E-state index contributed by atoms with van der Waals surface area (Å²) in [7, 11) is 0. The van der Waals surface area contributed by atoms with Gasteiger partial charge in [-0.2, -0.15) is 0 Å². The quantitative estimate of drug-likeness (QED) is 0.496. The van der Waals surface area contributed by atoms with Crippen molar-refractivity contribution in [3.63, 3.8) is 0 Å². The molecule has 3 amide bonds. The van der Waals surface area contributed by atoms with Gasteiger partial charge in [-0.05, 0) is 68.1 Å². The topological polar surface area (TPSA) is 74.3 Å². The summed E-state index contributed by atoms with van der Waals surface area (Å²) < 4.78 is 0. The summed E-state index contributed by atoms with van der Waals surface area (Å²) in [6, 6.07) is 19.0. The van der Waals surface area contributed by atoms with Crippen molar-refractivity contribution in [2.75, 3.05) is 29.1 Å². The van der Waals surface area contributed by atoms with Gasteiger partial charge in [0.2, 0.25) is 0 Å². The average molecular weight is 461 g/mol. The molecule has 4 rings (SSSR count). The lowest BCUT2D eigenvalue weighted by Crippen LogP contribution is -2.39. The van der Waals surface area contributed by atoms with E-state index in [9.17, 15) is 9.59 Å². The van der Waals surface area contributed by atoms with Gasteiger partial charge in [-0.15, -0.1) is 11.8 Å². The van der Waals surface area contributed by atoms with E-state index in [0.717, 1.165) is 40.6 Å². The number of pyridine rings is 1. The molecule has 0 fully saturated rings. The van der Waals surface area contributed by atoms with E-state index in [-0.39, 0.29) is 11.9 Å². The Kier molecular flexibility index (Phi) is 7.29. The summed E-state index contributed by atoms with van der Waals surface area (Å²) in [6.45, 7) is 5.21. The van der Waals surface area contributed by atoms with Gasteiger partial charge >= 0.3 is 6.03 Å². The molecule has 0 aliphatic carbocycles. The van der Waals surface area contributed by atoms with E-state index in [1.807, 2.05) is 38.1 Å². The molecule has 6 nitrogen and oxygen atoms in total. The first-order chi connectivity index (χ1) is 16.0. The summed E-state index contributed by atoms with van der Waals surface area (Å²) in [5, 5.41) is 6.80. The van der Waals surface area contributed by atoms with Crippen LogP contribution >= 0.6 is 11.8 Å². The lowest BCUT2D eigenvalue weighted by atomic mass is 10.1. The number of nitrogens with one attached hydrogen (secondary N) is 2. The summed E-state index contributed by atoms with van der Waals surface area (Å²) in [6.07, 6.45) is 1.81. The molecular formula is C26H28N4O2S. The number of hydrogen-bond donors (Lipinski definition) is 2. The highest BCUT2D eigenvalue weighted by Crippen LogP contribution is 2.36. The highest BCUT2D eigenvalue weighted by molar-refractivity contribution is 7.99. The van der Waals surface area contributed by atoms with Crippen LogP contribution in [-0.2, 0) is 6.42 Å². The number of hydrogen-bond acceptors (Lipinski definition) is 4. The number of rotatable bonds is 6. The lowest BCUT2D eigenvalue weighted by molar-refractivity contribution is 0.0953. The van der Waals surface area contributed by atoms with E-state index >= 15 is 0 Å². The van der Waals surface area contributed by atoms with Gasteiger partial charge in [0, 0.05) is 35.8 Å². The molecule has 170 valence electrons. The lowest BCUT2D eigenvalue weighted by Gasteiger charge is -2.30. The van der Waals surface area contributed by atoms with Gasteiger partial charge in [0.05, 0.1) is 5.69 Å². The number of amides is 3. The van der Waals surface area contributed by atoms with Gasteiger partial charge in [0.15, 0.2) is 0 Å². The van der Waals surface area contributed by atoms with Crippen molar-refractivity contribution in [3.8, 4) is 0 Å². The van der Waals surface area contributed by atoms with Crippen LogP contribution in [0, 0.1) is 13.8 Å². The van der Waals surface area contributed by atoms with Crippen LogP contribution in [0.5, 0.6) is 0 Å². The fourth-order valence-corrected chi connectivity index (χ4v) is 4.99. The third-order valence-electron chi connectivity index (χ3n) is 5.52. The monoisotopic (exact) mass is 460 g/mol. The third kappa shape index (κ3) is 5.73. The normalized spacial score (nSPS) is 12.7. The Morgan fingerprint density at radius 1 is 1.06 bits per heavy atom. The first-order valence-corrected chi connectivity index (χ1v) is 12.1. The van der Waals surface area contributed by atoms with Crippen molar-refractivity contribution < 1.29 is 9.59 Å². The molecule has 1 aliphatic rings. The molecule has 0 saturated carbocycles. The van der Waals surface area contributed by atoms with Crippen molar-refractivity contribution in [1.29, 1.82) is 0 Å². The molecule has 0 saturated heterocycles. The molecule has 0 bridgehead atoms. The standard InChI is InChI=1S/C26H28N4O2S/c1-18-17-19(2)28-25-23(18)30(15-16-33-25)26(32)29-22-12-10-21(11-13-22)24(31)27-14-6-9-20-7-4-3-5-8-20/h3-5,7-8,10-13,17H,6,9,14-16H2,1-2H3,(H,27,31)(H,29,32). The molecule has 2 N–H and O–H groups in total. The van der Waals surface area contributed by atoms with Crippen LogP contribution < -0.4 is 15.5 Å². The van der Waals surface area contributed by atoms with Crippen LogP contribution in [0.2, 0.25) is 0 Å². The summed E-state index contributed by atoms with van der Waals surface area (Å²) >= 11 is 1.68. The van der Waals surface area contributed by atoms with E-state index in [4.69, 9.17) is 0 Å². The smallest absolute Gasteiger partial charge is 0.326 e. The highest BCUT2D eigenvalue weighted by atomic mass is 32.2. The van der Waals surface area contributed by atoms with Crippen LogP contribution in [0.3, 0.4) is 0 Å². The molecule has 3 aromatic rings. The summed E-state index contributed by atoms with van der Waals surface area (Å²) in [5.41, 5.74) is 5.36. The predicted molar refractivity (Wildman–Crippen MR) is 134 cm³/mol. The number of anilines is 2. The van der Waals surface area contributed by atoms with Gasteiger partial charge in [-0.25, -0.2) is 9.78 Å². The molecule has 0 atom stereocenters. The van der Waals surface area contributed by atoms with Crippen molar-refractivity contribution in [2.24, 2.45) is 0 Å². The van der Waals surface area contributed by atoms with Crippen LogP contribution in [0.25, 0.3) is 0 Å². The fourth-order valence-electron chi connectivity index (χ4n) is 3.91. The molecule has 2 heterocycles. The molecule has 7 heteroatoms. The van der Waals surface area contributed by atoms with E-state index in [2.05, 4.69) is 27.8 Å². The minimum Gasteiger partial charge on any atom is -0.352 e. The molecular weight excluding hydrogens is 432 g/mol. The largest absolute Gasteiger partial charge is 0.352 e. The van der Waals surface area contributed by atoms with Crippen molar-refractivity contribution >= 4 is 35.1 Å². The van der Waals surface area contributed by atoms with E-state index in [1.165, 1.54) is 5.56 Å². The molecule has 0 radical (unpaired) electrons. The zero-order valence-corrected chi connectivity index (χ0v) is 19.7. The van der Waals surface area contributed by atoms with E-state index in [0.29, 0.717) is 24.3 Å². The second kappa shape index (κ2) is 10.5. The number of urea groups is 1. The molecule has 1 aliphatic heterocycles. The number of carbonyl (C=O) groups is 2. The zero-order valence-electron chi connectivity index (χ0n) is 18.9. The van der Waals surface area contributed by atoms with Gasteiger partial charge in [0.25, 0.3) is 5.91 Å².